The van der Waals surface area contributed by atoms with Crippen LogP contribution in [0.4, 0.5) is 0 Å². The van der Waals surface area contributed by atoms with Crippen molar-refractivity contribution in [2.24, 2.45) is 0 Å². The number of hydrogen-bond donors (Lipinski definition) is 0. The van der Waals surface area contributed by atoms with Crippen LogP contribution >= 0.6 is 0 Å². The fraction of sp³-hybridized carbons (Fsp3) is 0.214. The molecule has 1 aromatic carbocycles. The maximum Gasteiger partial charge on any atom is 0.330 e. The summed E-state index contributed by atoms with van der Waals surface area (Å²) in [6.07, 6.45) is 2.57. The molecule has 0 aliphatic carbocycles. The summed E-state index contributed by atoms with van der Waals surface area (Å²) in [5.74, 6) is -1.02. The maximum absolute atomic E-state index is 11.1. The molecule has 0 saturated heterocycles. The van der Waals surface area contributed by atoms with Crippen LogP contribution in [-0.4, -0.2) is 25.0 Å². The van der Waals surface area contributed by atoms with E-state index in [2.05, 4.69) is 4.74 Å². The highest BCUT2D eigenvalue weighted by Crippen LogP contribution is 2.26. The Bertz CT molecular complexity index is 559. The minimum absolute atomic E-state index is 0.244. The lowest BCUT2D eigenvalue weighted by Crippen LogP contribution is -2.05. The van der Waals surface area contributed by atoms with Gasteiger partial charge in [0.05, 0.1) is 7.11 Å². The van der Waals surface area contributed by atoms with Gasteiger partial charge in [0.1, 0.15) is 11.5 Å². The van der Waals surface area contributed by atoms with Crippen molar-refractivity contribution in [2.45, 2.75) is 13.8 Å². The number of ether oxygens (including phenoxy) is 3. The largest absolute Gasteiger partial charge is 0.466 e. The second-order valence-electron chi connectivity index (χ2n) is 3.74. The van der Waals surface area contributed by atoms with Crippen molar-refractivity contribution in [3.63, 3.8) is 0 Å². The Balaban J connectivity index is 3.11. The van der Waals surface area contributed by atoms with Crippen molar-refractivity contribution in [3.05, 3.63) is 29.8 Å². The highest BCUT2D eigenvalue weighted by atomic mass is 16.5. The third kappa shape index (κ3) is 4.93. The van der Waals surface area contributed by atoms with Crippen LogP contribution in [0.15, 0.2) is 24.3 Å². The molecule has 1 aromatic rings. The van der Waals surface area contributed by atoms with Crippen molar-refractivity contribution >= 4 is 24.0 Å². The van der Waals surface area contributed by atoms with Gasteiger partial charge in [-0.1, -0.05) is 0 Å². The number of esters is 3. The minimum Gasteiger partial charge on any atom is -0.466 e. The highest BCUT2D eigenvalue weighted by Gasteiger charge is 2.08. The molecule has 0 bridgehead atoms. The van der Waals surface area contributed by atoms with Gasteiger partial charge in [-0.15, -0.1) is 0 Å². The third-order valence-electron chi connectivity index (χ3n) is 2.10. The molecule has 0 aliphatic heterocycles. The first kappa shape index (κ1) is 15.4. The molecule has 0 saturated carbocycles. The van der Waals surface area contributed by atoms with Crippen LogP contribution in [-0.2, 0) is 19.1 Å². The minimum atomic E-state index is -0.559. The molecule has 6 heteroatoms. The standard InChI is InChI=1S/C14H14O6/c1-9(15)19-12-5-6-13(20-10(2)16)11(8-12)4-7-14(17)18-3/h4-8H,1-3H3/b7-4+. The van der Waals surface area contributed by atoms with Crippen LogP contribution in [0.3, 0.4) is 0 Å². The molecule has 0 aliphatic rings. The highest BCUT2D eigenvalue weighted by molar-refractivity contribution is 5.88. The monoisotopic (exact) mass is 278 g/mol. The molecule has 6 nitrogen and oxygen atoms in total. The molecule has 106 valence electrons. The first-order valence-electron chi connectivity index (χ1n) is 5.69. The zero-order valence-electron chi connectivity index (χ0n) is 11.3. The fourth-order valence-electron chi connectivity index (χ4n) is 1.36. The number of rotatable bonds is 4. The fourth-order valence-corrected chi connectivity index (χ4v) is 1.36. The van der Waals surface area contributed by atoms with Crippen LogP contribution in [0.5, 0.6) is 11.5 Å². The lowest BCUT2D eigenvalue weighted by Gasteiger charge is -2.08. The average molecular weight is 278 g/mol. The summed E-state index contributed by atoms with van der Waals surface area (Å²) < 4.78 is 14.4. The van der Waals surface area contributed by atoms with E-state index in [0.29, 0.717) is 5.56 Å². The van der Waals surface area contributed by atoms with E-state index in [4.69, 9.17) is 9.47 Å². The molecular formula is C14H14O6. The van der Waals surface area contributed by atoms with Gasteiger partial charge in [-0.05, 0) is 24.3 Å². The lowest BCUT2D eigenvalue weighted by atomic mass is 10.1. The maximum atomic E-state index is 11.1. The topological polar surface area (TPSA) is 78.9 Å². The van der Waals surface area contributed by atoms with Crippen molar-refractivity contribution in [3.8, 4) is 11.5 Å². The molecule has 0 atom stereocenters. The van der Waals surface area contributed by atoms with E-state index in [1.54, 1.807) is 0 Å². The van der Waals surface area contributed by atoms with E-state index in [0.717, 1.165) is 0 Å². The van der Waals surface area contributed by atoms with Gasteiger partial charge >= 0.3 is 17.9 Å². The summed E-state index contributed by atoms with van der Waals surface area (Å²) in [6, 6.07) is 4.42. The predicted octanol–water partition coefficient (Wildman–Crippen LogP) is 1.72. The molecule has 20 heavy (non-hydrogen) atoms. The summed E-state index contributed by atoms with van der Waals surface area (Å²) in [6.45, 7) is 2.53. The Kier molecular flexibility index (Phi) is 5.46. The molecule has 0 heterocycles. The molecule has 0 radical (unpaired) electrons. The average Bonchev–Trinajstić information content (AvgIpc) is 2.37. The first-order valence-corrected chi connectivity index (χ1v) is 5.69. The second-order valence-corrected chi connectivity index (χ2v) is 3.74. The van der Waals surface area contributed by atoms with Crippen molar-refractivity contribution in [1.29, 1.82) is 0 Å². The van der Waals surface area contributed by atoms with E-state index in [1.807, 2.05) is 0 Å². The van der Waals surface area contributed by atoms with E-state index < -0.39 is 17.9 Å². The van der Waals surface area contributed by atoms with Gasteiger partial charge in [-0.2, -0.15) is 0 Å². The zero-order chi connectivity index (χ0) is 15.1. The summed E-state index contributed by atoms with van der Waals surface area (Å²) in [7, 11) is 1.24. The first-order chi connectivity index (χ1) is 9.42. The van der Waals surface area contributed by atoms with Crippen LogP contribution in [0.1, 0.15) is 19.4 Å². The van der Waals surface area contributed by atoms with Gasteiger partial charge in [0.15, 0.2) is 0 Å². The molecule has 0 aromatic heterocycles. The Morgan fingerprint density at radius 1 is 1.05 bits per heavy atom. The van der Waals surface area contributed by atoms with Gasteiger partial charge in [0, 0.05) is 25.5 Å². The number of carbonyl (C=O) groups is 3. The van der Waals surface area contributed by atoms with Gasteiger partial charge < -0.3 is 14.2 Å². The lowest BCUT2D eigenvalue weighted by molar-refractivity contribution is -0.135. The van der Waals surface area contributed by atoms with Crippen LogP contribution < -0.4 is 9.47 Å². The quantitative estimate of drug-likeness (QED) is 0.474. The number of hydrogen-bond acceptors (Lipinski definition) is 6. The van der Waals surface area contributed by atoms with Crippen LogP contribution in [0.25, 0.3) is 6.08 Å². The number of benzene rings is 1. The number of carbonyl (C=O) groups excluding carboxylic acids is 3. The Hall–Kier alpha value is -2.63. The van der Waals surface area contributed by atoms with Gasteiger partial charge in [-0.3, -0.25) is 9.59 Å². The molecule has 0 unspecified atom stereocenters. The van der Waals surface area contributed by atoms with E-state index in [1.165, 1.54) is 51.3 Å². The second kappa shape index (κ2) is 7.08. The van der Waals surface area contributed by atoms with E-state index in [-0.39, 0.29) is 11.5 Å². The van der Waals surface area contributed by atoms with Crippen LogP contribution in [0.2, 0.25) is 0 Å². The molecule has 0 fully saturated rings. The van der Waals surface area contributed by atoms with Gasteiger partial charge in [0.2, 0.25) is 0 Å². The van der Waals surface area contributed by atoms with Crippen LogP contribution in [0, 0.1) is 0 Å². The molecule has 0 N–H and O–H groups in total. The van der Waals surface area contributed by atoms with Crippen molar-refractivity contribution in [1.82, 2.24) is 0 Å². The predicted molar refractivity (Wildman–Crippen MR) is 70.1 cm³/mol. The summed E-state index contributed by atoms with van der Waals surface area (Å²) in [4.78, 5) is 33.0. The third-order valence-corrected chi connectivity index (χ3v) is 2.10. The van der Waals surface area contributed by atoms with Gasteiger partial charge in [-0.25, -0.2) is 4.79 Å². The van der Waals surface area contributed by atoms with Crippen molar-refractivity contribution < 1.29 is 28.6 Å². The Morgan fingerprint density at radius 3 is 2.25 bits per heavy atom. The SMILES string of the molecule is COC(=O)/C=C/c1cc(OC(C)=O)ccc1OC(C)=O. The van der Waals surface area contributed by atoms with E-state index >= 15 is 0 Å². The van der Waals surface area contributed by atoms with Crippen molar-refractivity contribution in [2.75, 3.05) is 7.11 Å². The van der Waals surface area contributed by atoms with Gasteiger partial charge in [0.25, 0.3) is 0 Å². The molecule has 1 rings (SSSR count). The Labute approximate surface area is 115 Å². The zero-order valence-corrected chi connectivity index (χ0v) is 11.3. The molecule has 0 spiro atoms. The smallest absolute Gasteiger partial charge is 0.330 e. The summed E-state index contributed by atoms with van der Waals surface area (Å²) >= 11 is 0. The Morgan fingerprint density at radius 2 is 1.70 bits per heavy atom. The summed E-state index contributed by atoms with van der Waals surface area (Å²) in [5, 5.41) is 0. The summed E-state index contributed by atoms with van der Waals surface area (Å²) in [5.41, 5.74) is 0.407. The number of methoxy groups -OCH3 is 1. The van der Waals surface area contributed by atoms with E-state index in [9.17, 15) is 14.4 Å². The normalized spacial score (nSPS) is 10.2. The molecular weight excluding hydrogens is 264 g/mol. The molecule has 0 amide bonds.